The van der Waals surface area contributed by atoms with Gasteiger partial charge in [-0.05, 0) is 34.5 Å². The zero-order valence-corrected chi connectivity index (χ0v) is 16.3. The van der Waals surface area contributed by atoms with Crippen molar-refractivity contribution in [3.63, 3.8) is 0 Å². The van der Waals surface area contributed by atoms with Crippen LogP contribution in [0, 0.1) is 5.82 Å². The maximum Gasteiger partial charge on any atom is 0.161 e. The average molecular weight is 401 g/mol. The molecule has 0 atom stereocenters. The van der Waals surface area contributed by atoms with Gasteiger partial charge in [0.2, 0.25) is 0 Å². The van der Waals surface area contributed by atoms with Gasteiger partial charge in [0.25, 0.3) is 0 Å². The van der Waals surface area contributed by atoms with Crippen LogP contribution in [0.5, 0.6) is 0 Å². The van der Waals surface area contributed by atoms with Gasteiger partial charge in [-0.25, -0.2) is 19.0 Å². The number of thiophene rings is 1. The summed E-state index contributed by atoms with van der Waals surface area (Å²) in [7, 11) is 0. The van der Waals surface area contributed by atoms with Crippen LogP contribution in [0.25, 0.3) is 21.3 Å². The van der Waals surface area contributed by atoms with Gasteiger partial charge in [0.1, 0.15) is 22.0 Å². The Bertz CT molecular complexity index is 1040. The van der Waals surface area contributed by atoms with Crippen LogP contribution in [-0.2, 0) is 12.3 Å². The van der Waals surface area contributed by atoms with Crippen molar-refractivity contribution in [3.05, 3.63) is 47.6 Å². The molecule has 6 nitrogen and oxygen atoms in total. The molecule has 27 heavy (non-hydrogen) atoms. The minimum Gasteiger partial charge on any atom is -0.229 e. The Kier molecular flexibility index (Phi) is 5.40. The molecule has 138 valence electrons. The van der Waals surface area contributed by atoms with Gasteiger partial charge in [0.05, 0.1) is 11.1 Å². The number of rotatable bonds is 7. The number of hydrogen-bond donors (Lipinski definition) is 0. The van der Waals surface area contributed by atoms with E-state index in [4.69, 9.17) is 0 Å². The largest absolute Gasteiger partial charge is 0.229 e. The smallest absolute Gasteiger partial charge is 0.161 e. The van der Waals surface area contributed by atoms with E-state index in [1.54, 1.807) is 41.6 Å². The van der Waals surface area contributed by atoms with Crippen LogP contribution in [-0.4, -0.2) is 30.2 Å². The fourth-order valence-corrected chi connectivity index (χ4v) is 4.67. The Hall–Kier alpha value is -2.39. The van der Waals surface area contributed by atoms with E-state index in [2.05, 4.69) is 32.4 Å². The van der Waals surface area contributed by atoms with E-state index < -0.39 is 0 Å². The summed E-state index contributed by atoms with van der Waals surface area (Å²) >= 11 is 3.15. The highest BCUT2D eigenvalue weighted by Crippen LogP contribution is 2.38. The Morgan fingerprint density at radius 3 is 2.85 bits per heavy atom. The lowest BCUT2D eigenvalue weighted by molar-refractivity contribution is 0.540. The lowest BCUT2D eigenvalue weighted by Crippen LogP contribution is -2.05. The molecule has 0 bridgehead atoms. The zero-order chi connectivity index (χ0) is 18.6. The van der Waals surface area contributed by atoms with Crippen LogP contribution in [0.3, 0.4) is 0 Å². The summed E-state index contributed by atoms with van der Waals surface area (Å²) in [6, 6.07) is 6.50. The van der Waals surface area contributed by atoms with E-state index in [-0.39, 0.29) is 5.82 Å². The van der Waals surface area contributed by atoms with Gasteiger partial charge in [-0.1, -0.05) is 37.2 Å². The molecule has 3 heterocycles. The standard InChI is InChI=1S/C18H17FN6S2/c1-2-3-8-25-15(22-23-24-25)10-27-18-16-14(9-26-17(16)20-11-21-18)12-4-6-13(19)7-5-12/h4-7,9,11H,2-3,8,10H2,1H3. The van der Waals surface area contributed by atoms with Gasteiger partial charge in [-0.15, -0.1) is 16.4 Å². The first kappa shape index (κ1) is 18.0. The highest BCUT2D eigenvalue weighted by atomic mass is 32.2. The second kappa shape index (κ2) is 8.10. The third kappa shape index (κ3) is 3.84. The molecule has 0 radical (unpaired) electrons. The number of halogens is 1. The van der Waals surface area contributed by atoms with Gasteiger partial charge in [0, 0.05) is 17.5 Å². The SMILES string of the molecule is CCCCn1nnnc1CSc1ncnc2scc(-c3ccc(F)cc3)c12. The molecule has 0 amide bonds. The Morgan fingerprint density at radius 2 is 2.04 bits per heavy atom. The van der Waals surface area contributed by atoms with Crippen molar-refractivity contribution >= 4 is 33.3 Å². The lowest BCUT2D eigenvalue weighted by Gasteiger charge is -2.06. The molecular formula is C18H17FN6S2. The fraction of sp³-hybridized carbons (Fsp3) is 0.278. The van der Waals surface area contributed by atoms with E-state index in [1.165, 1.54) is 12.1 Å². The number of tetrazole rings is 1. The highest BCUT2D eigenvalue weighted by molar-refractivity contribution is 7.98. The number of nitrogens with zero attached hydrogens (tertiary/aromatic N) is 6. The topological polar surface area (TPSA) is 69.4 Å². The molecule has 0 aliphatic carbocycles. The molecule has 1 aromatic carbocycles. The van der Waals surface area contributed by atoms with Gasteiger partial charge >= 0.3 is 0 Å². The van der Waals surface area contributed by atoms with Crippen LogP contribution < -0.4 is 0 Å². The van der Waals surface area contributed by atoms with E-state index in [1.807, 2.05) is 10.1 Å². The average Bonchev–Trinajstić information content (AvgIpc) is 3.32. The van der Waals surface area contributed by atoms with Crippen LogP contribution in [0.4, 0.5) is 4.39 Å². The van der Waals surface area contributed by atoms with Crippen molar-refractivity contribution in [2.45, 2.75) is 37.1 Å². The maximum atomic E-state index is 13.3. The number of unbranched alkanes of at least 4 members (excludes halogenated alkanes) is 1. The minimum atomic E-state index is -0.247. The van der Waals surface area contributed by atoms with Gasteiger partial charge in [-0.3, -0.25) is 0 Å². The molecule has 0 unspecified atom stereocenters. The first-order valence-electron chi connectivity index (χ1n) is 8.62. The van der Waals surface area contributed by atoms with Crippen molar-refractivity contribution in [1.29, 1.82) is 0 Å². The summed E-state index contributed by atoms with van der Waals surface area (Å²) in [6.45, 7) is 2.96. The van der Waals surface area contributed by atoms with Crippen LogP contribution in [0.2, 0.25) is 0 Å². The van der Waals surface area contributed by atoms with E-state index in [9.17, 15) is 4.39 Å². The lowest BCUT2D eigenvalue weighted by atomic mass is 10.1. The van der Waals surface area contributed by atoms with E-state index in [0.717, 1.165) is 51.6 Å². The molecule has 4 aromatic rings. The molecule has 3 aromatic heterocycles. The number of thioether (sulfide) groups is 1. The maximum absolute atomic E-state index is 13.3. The van der Waals surface area contributed by atoms with Crippen molar-refractivity contribution in [2.24, 2.45) is 0 Å². The molecule has 0 aliphatic rings. The monoisotopic (exact) mass is 400 g/mol. The third-order valence-corrected chi connectivity index (χ3v) is 6.03. The first-order chi connectivity index (χ1) is 13.3. The Balaban J connectivity index is 1.63. The third-order valence-electron chi connectivity index (χ3n) is 4.16. The summed E-state index contributed by atoms with van der Waals surface area (Å²) < 4.78 is 15.1. The number of aromatic nitrogens is 6. The van der Waals surface area contributed by atoms with Gasteiger partial charge in [-0.2, -0.15) is 0 Å². The number of hydrogen-bond acceptors (Lipinski definition) is 7. The number of aryl methyl sites for hydroxylation is 1. The molecule has 0 saturated heterocycles. The van der Waals surface area contributed by atoms with Crippen molar-refractivity contribution in [2.75, 3.05) is 0 Å². The van der Waals surface area contributed by atoms with Crippen molar-refractivity contribution in [1.82, 2.24) is 30.2 Å². The molecular weight excluding hydrogens is 383 g/mol. The molecule has 0 spiro atoms. The predicted octanol–water partition coefficient (Wildman–Crippen LogP) is 4.58. The predicted molar refractivity (Wildman–Crippen MR) is 105 cm³/mol. The second-order valence-corrected chi connectivity index (χ2v) is 7.80. The minimum absolute atomic E-state index is 0.247. The fourth-order valence-electron chi connectivity index (χ4n) is 2.74. The first-order valence-corrected chi connectivity index (χ1v) is 10.5. The molecule has 4 rings (SSSR count). The zero-order valence-electron chi connectivity index (χ0n) is 14.7. The molecule has 0 N–H and O–H groups in total. The quantitative estimate of drug-likeness (QED) is 0.334. The van der Waals surface area contributed by atoms with Crippen molar-refractivity contribution in [3.8, 4) is 11.1 Å². The Morgan fingerprint density at radius 1 is 1.19 bits per heavy atom. The molecule has 0 saturated carbocycles. The normalized spacial score (nSPS) is 11.3. The van der Waals surface area contributed by atoms with Crippen LogP contribution in [0.1, 0.15) is 25.6 Å². The summed E-state index contributed by atoms with van der Waals surface area (Å²) in [5.41, 5.74) is 1.97. The van der Waals surface area contributed by atoms with Crippen molar-refractivity contribution < 1.29 is 4.39 Å². The van der Waals surface area contributed by atoms with E-state index in [0.29, 0.717) is 5.75 Å². The summed E-state index contributed by atoms with van der Waals surface area (Å²) in [5, 5.41) is 15.9. The van der Waals surface area contributed by atoms with E-state index >= 15 is 0 Å². The van der Waals surface area contributed by atoms with Crippen LogP contribution >= 0.6 is 23.1 Å². The summed E-state index contributed by atoms with van der Waals surface area (Å²) in [6.07, 6.45) is 3.71. The van der Waals surface area contributed by atoms with Gasteiger partial charge in [0.15, 0.2) is 5.82 Å². The second-order valence-electron chi connectivity index (χ2n) is 5.98. The van der Waals surface area contributed by atoms with Gasteiger partial charge < -0.3 is 0 Å². The Labute approximate surface area is 163 Å². The summed E-state index contributed by atoms with van der Waals surface area (Å²) in [5.74, 6) is 1.21. The number of fused-ring (bicyclic) bond motifs is 1. The molecule has 0 fully saturated rings. The number of benzene rings is 1. The summed E-state index contributed by atoms with van der Waals surface area (Å²) in [4.78, 5) is 9.78. The van der Waals surface area contributed by atoms with Crippen LogP contribution in [0.15, 0.2) is 41.0 Å². The molecule has 0 aliphatic heterocycles. The molecule has 9 heteroatoms. The highest BCUT2D eigenvalue weighted by Gasteiger charge is 2.15.